The van der Waals surface area contributed by atoms with Crippen LogP contribution >= 0.6 is 11.3 Å². The van der Waals surface area contributed by atoms with Crippen LogP contribution in [-0.2, 0) is 4.79 Å². The number of rotatable bonds is 3. The summed E-state index contributed by atoms with van der Waals surface area (Å²) in [5, 5.41) is 9.73. The molecule has 1 aromatic heterocycles. The fraction of sp³-hybridized carbons (Fsp3) is 0.706. The molecule has 3 rings (SSSR count). The number of likely N-dealkylation sites (tertiary alicyclic amines) is 1. The minimum atomic E-state index is -4.22. The Morgan fingerprint density at radius 2 is 1.88 bits per heavy atom. The molecule has 2 fully saturated rings. The fourth-order valence-electron chi connectivity index (χ4n) is 3.89. The summed E-state index contributed by atoms with van der Waals surface area (Å²) in [6, 6.07) is 0. The van der Waals surface area contributed by atoms with E-state index in [4.69, 9.17) is 5.11 Å². The number of carboxylic acids is 1. The number of piperidine rings is 1. The van der Waals surface area contributed by atoms with Crippen LogP contribution in [0.25, 0.3) is 0 Å². The Bertz CT molecular complexity index is 668. The number of carbonyl (C=O) groups excluding carboxylic acids is 1. The van der Waals surface area contributed by atoms with Gasteiger partial charge in [0.15, 0.2) is 0 Å². The second-order valence-electron chi connectivity index (χ2n) is 7.07. The minimum Gasteiger partial charge on any atom is -0.477 e. The third-order valence-electron chi connectivity index (χ3n) is 5.38. The Labute approximate surface area is 153 Å². The van der Waals surface area contributed by atoms with E-state index in [0.29, 0.717) is 38.8 Å². The van der Waals surface area contributed by atoms with E-state index in [-0.39, 0.29) is 29.5 Å². The van der Waals surface area contributed by atoms with Crippen molar-refractivity contribution in [3.05, 3.63) is 16.1 Å². The first-order chi connectivity index (χ1) is 12.3. The molecule has 1 aromatic rings. The first-order valence-corrected chi connectivity index (χ1v) is 9.62. The summed E-state index contributed by atoms with van der Waals surface area (Å²) in [5.41, 5.74) is 0. The second-order valence-corrected chi connectivity index (χ2v) is 8.13. The number of nitrogens with zero attached hydrogens (tertiary/aromatic N) is 2. The molecule has 1 saturated heterocycles. The van der Waals surface area contributed by atoms with E-state index in [0.717, 1.165) is 16.3 Å². The molecule has 2 atom stereocenters. The van der Waals surface area contributed by atoms with Crippen LogP contribution < -0.4 is 0 Å². The summed E-state index contributed by atoms with van der Waals surface area (Å²) in [6.45, 7) is 0.970. The molecule has 0 radical (unpaired) electrons. The third kappa shape index (κ3) is 4.19. The van der Waals surface area contributed by atoms with E-state index < -0.39 is 24.0 Å². The highest BCUT2D eigenvalue weighted by Gasteiger charge is 2.44. The van der Waals surface area contributed by atoms with Crippen LogP contribution in [0.1, 0.15) is 59.1 Å². The van der Waals surface area contributed by atoms with Gasteiger partial charge in [-0.1, -0.05) is 6.42 Å². The van der Waals surface area contributed by atoms with Crippen LogP contribution in [0.15, 0.2) is 6.20 Å². The average Bonchev–Trinajstić information content (AvgIpc) is 3.11. The topological polar surface area (TPSA) is 70.5 Å². The maximum Gasteiger partial charge on any atom is 0.391 e. The van der Waals surface area contributed by atoms with Gasteiger partial charge < -0.3 is 10.0 Å². The van der Waals surface area contributed by atoms with Crippen LogP contribution in [0, 0.1) is 11.8 Å². The molecule has 2 heterocycles. The lowest BCUT2D eigenvalue weighted by Crippen LogP contribution is -2.43. The minimum absolute atomic E-state index is 0.100. The predicted molar refractivity (Wildman–Crippen MR) is 89.1 cm³/mol. The summed E-state index contributed by atoms with van der Waals surface area (Å²) in [6.07, 6.45) is -0.574. The number of hydrogen-bond donors (Lipinski definition) is 1. The van der Waals surface area contributed by atoms with Crippen molar-refractivity contribution in [3.63, 3.8) is 0 Å². The van der Waals surface area contributed by atoms with Crippen molar-refractivity contribution in [2.24, 2.45) is 11.8 Å². The van der Waals surface area contributed by atoms with Gasteiger partial charge in [0.05, 0.1) is 17.1 Å². The molecule has 1 saturated carbocycles. The molecule has 0 aromatic carbocycles. The normalized spacial score (nSPS) is 25.3. The van der Waals surface area contributed by atoms with E-state index in [1.54, 1.807) is 4.90 Å². The number of amides is 1. The number of halogens is 3. The Morgan fingerprint density at radius 3 is 2.46 bits per heavy atom. The quantitative estimate of drug-likeness (QED) is 0.849. The highest BCUT2D eigenvalue weighted by atomic mass is 32.1. The first kappa shape index (κ1) is 19.1. The smallest absolute Gasteiger partial charge is 0.391 e. The molecule has 1 aliphatic carbocycles. The van der Waals surface area contributed by atoms with Crippen LogP contribution in [0.2, 0.25) is 0 Å². The van der Waals surface area contributed by atoms with E-state index in [2.05, 4.69) is 4.98 Å². The van der Waals surface area contributed by atoms with E-state index in [1.165, 1.54) is 6.20 Å². The lowest BCUT2D eigenvalue weighted by Gasteiger charge is -2.36. The van der Waals surface area contributed by atoms with Crippen LogP contribution in [-0.4, -0.2) is 46.1 Å². The first-order valence-electron chi connectivity index (χ1n) is 8.80. The molecule has 0 bridgehead atoms. The molecule has 144 valence electrons. The number of alkyl halides is 3. The highest BCUT2D eigenvalue weighted by molar-refractivity contribution is 7.13. The molecule has 1 amide bonds. The van der Waals surface area contributed by atoms with Crippen molar-refractivity contribution in [1.82, 2.24) is 9.88 Å². The standard InChI is InChI=1S/C17H21F3N2O3S/c18-17(19,20)12-3-1-2-11(8-12)15(23)22-6-4-10(5-7-22)14-21-9-13(26-14)16(24)25/h9-12H,1-8H2,(H,24,25). The van der Waals surface area contributed by atoms with Gasteiger partial charge in [-0.3, -0.25) is 4.79 Å². The molecule has 2 aliphatic rings. The van der Waals surface area contributed by atoms with Gasteiger partial charge in [-0.15, -0.1) is 11.3 Å². The van der Waals surface area contributed by atoms with Crippen LogP contribution in [0.4, 0.5) is 13.2 Å². The number of carbonyl (C=O) groups is 2. The lowest BCUT2D eigenvalue weighted by atomic mass is 9.80. The zero-order chi connectivity index (χ0) is 18.9. The SMILES string of the molecule is O=C(O)c1cnc(C2CCN(C(=O)C3CCCC(C(F)(F)F)C3)CC2)s1. The van der Waals surface area contributed by atoms with Crippen molar-refractivity contribution in [2.45, 2.75) is 50.6 Å². The second kappa shape index (κ2) is 7.54. The van der Waals surface area contributed by atoms with Gasteiger partial charge in [-0.25, -0.2) is 9.78 Å². The molecule has 1 N–H and O–H groups in total. The van der Waals surface area contributed by atoms with Gasteiger partial charge in [-0.2, -0.15) is 13.2 Å². The van der Waals surface area contributed by atoms with Crippen molar-refractivity contribution in [3.8, 4) is 0 Å². The Hall–Kier alpha value is -1.64. The zero-order valence-electron chi connectivity index (χ0n) is 14.2. The van der Waals surface area contributed by atoms with Crippen molar-refractivity contribution >= 4 is 23.2 Å². The van der Waals surface area contributed by atoms with Crippen LogP contribution in [0.3, 0.4) is 0 Å². The summed E-state index contributed by atoms with van der Waals surface area (Å²) < 4.78 is 38.8. The van der Waals surface area contributed by atoms with E-state index in [9.17, 15) is 22.8 Å². The molecular weight excluding hydrogens is 369 g/mol. The van der Waals surface area contributed by atoms with Gasteiger partial charge >= 0.3 is 12.1 Å². The summed E-state index contributed by atoms with van der Waals surface area (Å²) in [7, 11) is 0. The van der Waals surface area contributed by atoms with Crippen LogP contribution in [0.5, 0.6) is 0 Å². The lowest BCUT2D eigenvalue weighted by molar-refractivity contribution is -0.187. The zero-order valence-corrected chi connectivity index (χ0v) is 15.0. The van der Waals surface area contributed by atoms with Gasteiger partial charge in [0, 0.05) is 24.9 Å². The van der Waals surface area contributed by atoms with E-state index in [1.807, 2.05) is 0 Å². The van der Waals surface area contributed by atoms with Gasteiger partial charge in [-0.05, 0) is 32.1 Å². The molecule has 1 aliphatic heterocycles. The van der Waals surface area contributed by atoms with Gasteiger partial charge in [0.25, 0.3) is 0 Å². The van der Waals surface area contributed by atoms with Crippen molar-refractivity contribution in [1.29, 1.82) is 0 Å². The molecule has 5 nitrogen and oxygen atoms in total. The Balaban J connectivity index is 1.55. The van der Waals surface area contributed by atoms with E-state index >= 15 is 0 Å². The maximum atomic E-state index is 12.9. The Kier molecular flexibility index (Phi) is 5.55. The van der Waals surface area contributed by atoms with Crippen molar-refractivity contribution in [2.75, 3.05) is 13.1 Å². The van der Waals surface area contributed by atoms with Crippen molar-refractivity contribution < 1.29 is 27.9 Å². The van der Waals surface area contributed by atoms with Gasteiger partial charge in [0.2, 0.25) is 5.91 Å². The third-order valence-corrected chi connectivity index (χ3v) is 6.52. The molecular formula is C17H21F3N2O3S. The number of hydrogen-bond acceptors (Lipinski definition) is 4. The average molecular weight is 390 g/mol. The fourth-order valence-corrected chi connectivity index (χ4v) is 4.82. The number of carboxylic acid groups (broad SMARTS) is 1. The van der Waals surface area contributed by atoms with Gasteiger partial charge in [0.1, 0.15) is 4.88 Å². The molecule has 0 spiro atoms. The predicted octanol–water partition coefficient (Wildman–Crippen LogP) is 3.92. The highest BCUT2D eigenvalue weighted by Crippen LogP contribution is 2.41. The summed E-state index contributed by atoms with van der Waals surface area (Å²) in [5.74, 6) is -2.97. The monoisotopic (exact) mass is 390 g/mol. The maximum absolute atomic E-state index is 12.9. The largest absolute Gasteiger partial charge is 0.477 e. The number of thiazole rings is 1. The molecule has 9 heteroatoms. The molecule has 2 unspecified atom stereocenters. The Morgan fingerprint density at radius 1 is 1.19 bits per heavy atom. The summed E-state index contributed by atoms with van der Waals surface area (Å²) >= 11 is 1.15. The number of aromatic nitrogens is 1. The summed E-state index contributed by atoms with van der Waals surface area (Å²) in [4.78, 5) is 29.6. The number of aromatic carboxylic acids is 1. The molecule has 26 heavy (non-hydrogen) atoms.